The Balaban J connectivity index is 1.95. The topological polar surface area (TPSA) is 76.2 Å². The molecule has 0 unspecified atom stereocenters. The van der Waals surface area contributed by atoms with Crippen LogP contribution in [0.1, 0.15) is 48.7 Å². The van der Waals surface area contributed by atoms with Gasteiger partial charge in [-0.2, -0.15) is 4.31 Å². The Kier molecular flexibility index (Phi) is 7.69. The zero-order valence-electron chi connectivity index (χ0n) is 18.8. The van der Waals surface area contributed by atoms with Gasteiger partial charge in [0.2, 0.25) is 10.0 Å². The van der Waals surface area contributed by atoms with Crippen molar-refractivity contribution in [1.29, 1.82) is 0 Å². The van der Waals surface area contributed by atoms with Gasteiger partial charge in [-0.1, -0.05) is 31.5 Å². The third-order valence-electron chi connectivity index (χ3n) is 5.81. The van der Waals surface area contributed by atoms with E-state index in [1.165, 1.54) is 16.4 Å². The highest BCUT2D eigenvalue weighted by atomic mass is 35.5. The molecule has 0 N–H and O–H groups in total. The molecule has 0 spiro atoms. The highest BCUT2D eigenvalue weighted by molar-refractivity contribution is 7.89. The lowest BCUT2D eigenvalue weighted by Crippen LogP contribution is -2.32. The van der Waals surface area contributed by atoms with E-state index in [1.807, 2.05) is 18.2 Å². The van der Waals surface area contributed by atoms with Gasteiger partial charge in [0.15, 0.2) is 11.5 Å². The van der Waals surface area contributed by atoms with E-state index >= 15 is 0 Å². The number of carbonyl (C=O) groups excluding carboxylic acids is 1. The lowest BCUT2D eigenvalue weighted by Gasteiger charge is -2.26. The number of rotatable bonds is 8. The Morgan fingerprint density at radius 1 is 1.09 bits per heavy atom. The minimum absolute atomic E-state index is 0.0458. The number of sulfonamides is 1. The van der Waals surface area contributed by atoms with Crippen LogP contribution in [0.3, 0.4) is 0 Å². The van der Waals surface area contributed by atoms with Crippen molar-refractivity contribution in [3.05, 3.63) is 52.5 Å². The monoisotopic (exact) mass is 480 g/mol. The van der Waals surface area contributed by atoms with Crippen LogP contribution in [0.5, 0.6) is 11.5 Å². The number of hydrogen-bond acceptors (Lipinski definition) is 5. The molecule has 7 nitrogen and oxygen atoms in total. The van der Waals surface area contributed by atoms with Gasteiger partial charge in [-0.25, -0.2) is 8.42 Å². The molecule has 0 aliphatic carbocycles. The molecular formula is C23H29ClN2O5S. The largest absolute Gasteiger partial charge is 0.493 e. The molecule has 0 aromatic heterocycles. The van der Waals surface area contributed by atoms with Crippen molar-refractivity contribution < 1.29 is 22.7 Å². The van der Waals surface area contributed by atoms with E-state index in [0.29, 0.717) is 36.7 Å². The van der Waals surface area contributed by atoms with E-state index in [9.17, 15) is 13.2 Å². The number of carbonyl (C=O) groups is 1. The standard InChI is InChI=1S/C23H29ClN2O5S/c1-5-25(6-2)32(28,29)22-15-17(9-11-18(22)24)23(27)26-13-7-8-19(26)16-10-12-20(30-3)21(14-16)31-4/h9-12,14-15,19H,5-8,13H2,1-4H3/t19-/m0/s1. The molecule has 1 aliphatic heterocycles. The average Bonchev–Trinajstić information content (AvgIpc) is 3.28. The summed E-state index contributed by atoms with van der Waals surface area (Å²) in [5.74, 6) is 0.995. The number of benzene rings is 2. The van der Waals surface area contributed by atoms with Crippen molar-refractivity contribution in [2.24, 2.45) is 0 Å². The minimum atomic E-state index is -3.79. The molecule has 0 saturated carbocycles. The normalized spacial score (nSPS) is 16.4. The first-order valence-electron chi connectivity index (χ1n) is 10.6. The number of halogens is 1. The molecule has 2 aromatic rings. The second-order valence-corrected chi connectivity index (χ2v) is 9.82. The first-order valence-corrected chi connectivity index (χ1v) is 12.4. The van der Waals surface area contributed by atoms with Crippen molar-refractivity contribution in [3.63, 3.8) is 0 Å². The summed E-state index contributed by atoms with van der Waals surface area (Å²) < 4.78 is 38.1. The Hall–Kier alpha value is -2.29. The van der Waals surface area contributed by atoms with Crippen molar-refractivity contribution in [3.8, 4) is 11.5 Å². The summed E-state index contributed by atoms with van der Waals surface area (Å²) in [5.41, 5.74) is 1.24. The number of hydrogen-bond donors (Lipinski definition) is 0. The van der Waals surface area contributed by atoms with Gasteiger partial charge in [-0.3, -0.25) is 4.79 Å². The molecule has 1 atom stereocenters. The Bertz CT molecular complexity index is 1090. The fourth-order valence-electron chi connectivity index (χ4n) is 4.12. The molecule has 1 fully saturated rings. The van der Waals surface area contributed by atoms with Gasteiger partial charge in [0.05, 0.1) is 25.3 Å². The summed E-state index contributed by atoms with van der Waals surface area (Å²) in [6.45, 7) is 4.75. The van der Waals surface area contributed by atoms with Crippen LogP contribution in [0, 0.1) is 0 Å². The molecule has 2 aromatic carbocycles. The SMILES string of the molecule is CCN(CC)S(=O)(=O)c1cc(C(=O)N2CCC[C@H]2c2ccc(OC)c(OC)c2)ccc1Cl. The zero-order chi connectivity index (χ0) is 23.5. The van der Waals surface area contributed by atoms with E-state index in [0.717, 1.165) is 18.4 Å². The summed E-state index contributed by atoms with van der Waals surface area (Å²) in [7, 11) is -0.643. The van der Waals surface area contributed by atoms with E-state index in [4.69, 9.17) is 21.1 Å². The minimum Gasteiger partial charge on any atom is -0.493 e. The van der Waals surface area contributed by atoms with Gasteiger partial charge < -0.3 is 14.4 Å². The van der Waals surface area contributed by atoms with Crippen molar-refractivity contribution >= 4 is 27.5 Å². The molecule has 1 aliphatic rings. The first-order chi connectivity index (χ1) is 15.3. The second-order valence-electron chi connectivity index (χ2n) is 7.51. The maximum absolute atomic E-state index is 13.4. The lowest BCUT2D eigenvalue weighted by atomic mass is 10.0. The number of amides is 1. The molecule has 1 saturated heterocycles. The van der Waals surface area contributed by atoms with Crippen LogP contribution in [0.2, 0.25) is 5.02 Å². The predicted octanol–water partition coefficient (Wildman–Crippen LogP) is 4.37. The Labute approximate surface area is 194 Å². The van der Waals surface area contributed by atoms with Crippen LogP contribution in [0.25, 0.3) is 0 Å². The fourth-order valence-corrected chi connectivity index (χ4v) is 6.08. The first kappa shape index (κ1) is 24.4. The average molecular weight is 481 g/mol. The van der Waals surface area contributed by atoms with Crippen LogP contribution < -0.4 is 9.47 Å². The number of likely N-dealkylation sites (tertiary alicyclic amines) is 1. The third kappa shape index (κ3) is 4.58. The molecule has 0 radical (unpaired) electrons. The van der Waals surface area contributed by atoms with Gasteiger partial charge in [-0.15, -0.1) is 0 Å². The maximum Gasteiger partial charge on any atom is 0.254 e. The Morgan fingerprint density at radius 2 is 1.78 bits per heavy atom. The maximum atomic E-state index is 13.4. The van der Waals surface area contributed by atoms with Gasteiger partial charge in [0.1, 0.15) is 4.90 Å². The molecule has 1 amide bonds. The smallest absolute Gasteiger partial charge is 0.254 e. The highest BCUT2D eigenvalue weighted by Crippen LogP contribution is 2.38. The number of methoxy groups -OCH3 is 2. The molecule has 3 rings (SSSR count). The van der Waals surface area contributed by atoms with Crippen LogP contribution in [-0.2, 0) is 10.0 Å². The number of nitrogens with zero attached hydrogens (tertiary/aromatic N) is 2. The molecule has 1 heterocycles. The van der Waals surface area contributed by atoms with E-state index in [1.54, 1.807) is 39.0 Å². The number of ether oxygens (including phenoxy) is 2. The molecule has 0 bridgehead atoms. The summed E-state index contributed by atoms with van der Waals surface area (Å²) >= 11 is 6.23. The van der Waals surface area contributed by atoms with E-state index in [2.05, 4.69) is 0 Å². The molecule has 174 valence electrons. The van der Waals surface area contributed by atoms with Gasteiger partial charge in [0, 0.05) is 25.2 Å². The predicted molar refractivity (Wildman–Crippen MR) is 124 cm³/mol. The highest BCUT2D eigenvalue weighted by Gasteiger charge is 2.32. The summed E-state index contributed by atoms with van der Waals surface area (Å²) in [4.78, 5) is 15.2. The van der Waals surface area contributed by atoms with Crippen molar-refractivity contribution in [2.75, 3.05) is 33.9 Å². The van der Waals surface area contributed by atoms with Gasteiger partial charge >= 0.3 is 0 Å². The zero-order valence-corrected chi connectivity index (χ0v) is 20.4. The van der Waals surface area contributed by atoms with Crippen LogP contribution in [0.15, 0.2) is 41.3 Å². The molecule has 9 heteroatoms. The summed E-state index contributed by atoms with van der Waals surface area (Å²) in [6.07, 6.45) is 1.66. The quantitative estimate of drug-likeness (QED) is 0.561. The molecular weight excluding hydrogens is 452 g/mol. The Morgan fingerprint density at radius 3 is 2.41 bits per heavy atom. The van der Waals surface area contributed by atoms with Crippen molar-refractivity contribution in [2.45, 2.75) is 37.6 Å². The second kappa shape index (κ2) is 10.1. The lowest BCUT2D eigenvalue weighted by molar-refractivity contribution is 0.0735. The third-order valence-corrected chi connectivity index (χ3v) is 8.34. The summed E-state index contributed by atoms with van der Waals surface area (Å²) in [6, 6.07) is 9.95. The van der Waals surface area contributed by atoms with Crippen LogP contribution in [0.4, 0.5) is 0 Å². The van der Waals surface area contributed by atoms with Crippen molar-refractivity contribution in [1.82, 2.24) is 9.21 Å². The van der Waals surface area contributed by atoms with Gasteiger partial charge in [0.25, 0.3) is 5.91 Å². The van der Waals surface area contributed by atoms with Gasteiger partial charge in [-0.05, 0) is 48.7 Å². The van der Waals surface area contributed by atoms with Crippen LogP contribution >= 0.6 is 11.6 Å². The summed E-state index contributed by atoms with van der Waals surface area (Å²) in [5, 5.41) is 0.103. The van der Waals surface area contributed by atoms with E-state index < -0.39 is 10.0 Å². The fraction of sp³-hybridized carbons (Fsp3) is 0.435. The molecule has 32 heavy (non-hydrogen) atoms. The van der Waals surface area contributed by atoms with Crippen LogP contribution in [-0.4, -0.2) is 57.4 Å². The van der Waals surface area contributed by atoms with E-state index in [-0.39, 0.29) is 21.9 Å².